The number of benzene rings is 1. The minimum Gasteiger partial charge on any atom is -0.308 e. The molecular weight excluding hydrogens is 294 g/mol. The molecule has 0 radical (unpaired) electrons. The predicted octanol–water partition coefficient (Wildman–Crippen LogP) is 3.50. The van der Waals surface area contributed by atoms with E-state index in [4.69, 9.17) is 11.6 Å². The molecular formula is C14H16ClN3OS. The van der Waals surface area contributed by atoms with Crippen molar-refractivity contribution in [3.8, 4) is 0 Å². The molecule has 0 aliphatic heterocycles. The number of hydrogen-bond acceptors (Lipinski definition) is 3. The molecule has 20 heavy (non-hydrogen) atoms. The number of carbonyl (C=O) groups excluding carboxylic acids is 1. The summed E-state index contributed by atoms with van der Waals surface area (Å²) < 4.78 is 0. The zero-order valence-electron chi connectivity index (χ0n) is 11.1. The molecule has 1 amide bonds. The summed E-state index contributed by atoms with van der Waals surface area (Å²) in [5, 5.41) is 10.4. The summed E-state index contributed by atoms with van der Waals surface area (Å²) in [5.41, 5.74) is 2.16. The summed E-state index contributed by atoms with van der Waals surface area (Å²) in [4.78, 5) is 11.7. The number of aryl methyl sites for hydroxylation is 1. The van der Waals surface area contributed by atoms with Crippen molar-refractivity contribution >= 4 is 35.1 Å². The van der Waals surface area contributed by atoms with Crippen LogP contribution >= 0.6 is 23.4 Å². The Labute approximate surface area is 127 Å². The van der Waals surface area contributed by atoms with E-state index in [0.29, 0.717) is 11.6 Å². The van der Waals surface area contributed by atoms with E-state index in [0.717, 1.165) is 28.5 Å². The van der Waals surface area contributed by atoms with E-state index in [1.807, 2.05) is 37.3 Å². The van der Waals surface area contributed by atoms with Crippen molar-refractivity contribution in [2.24, 2.45) is 0 Å². The molecule has 0 bridgehead atoms. The van der Waals surface area contributed by atoms with Gasteiger partial charge in [-0.1, -0.05) is 30.7 Å². The van der Waals surface area contributed by atoms with Crippen LogP contribution < -0.4 is 5.32 Å². The largest absolute Gasteiger partial charge is 0.308 e. The van der Waals surface area contributed by atoms with Gasteiger partial charge in [0, 0.05) is 22.5 Å². The van der Waals surface area contributed by atoms with Gasteiger partial charge < -0.3 is 5.32 Å². The number of aromatic amines is 1. The van der Waals surface area contributed by atoms with Crippen LogP contribution in [-0.2, 0) is 17.0 Å². The molecule has 0 saturated carbocycles. The van der Waals surface area contributed by atoms with Crippen molar-refractivity contribution in [2.45, 2.75) is 19.1 Å². The second-order valence-corrected chi connectivity index (χ2v) is 5.72. The number of anilines is 1. The Morgan fingerprint density at radius 2 is 2.15 bits per heavy atom. The Kier molecular flexibility index (Phi) is 5.49. The lowest BCUT2D eigenvalue weighted by Crippen LogP contribution is -2.14. The first-order chi connectivity index (χ1) is 9.67. The van der Waals surface area contributed by atoms with Crippen molar-refractivity contribution in [1.29, 1.82) is 0 Å². The first-order valence-electron chi connectivity index (χ1n) is 6.33. The normalized spacial score (nSPS) is 10.5. The molecule has 0 aliphatic rings. The van der Waals surface area contributed by atoms with Crippen molar-refractivity contribution < 1.29 is 4.79 Å². The lowest BCUT2D eigenvalue weighted by molar-refractivity contribution is -0.113. The summed E-state index contributed by atoms with van der Waals surface area (Å²) in [5.74, 6) is 1.72. The van der Waals surface area contributed by atoms with Crippen molar-refractivity contribution in [1.82, 2.24) is 10.2 Å². The molecule has 0 saturated heterocycles. The molecule has 0 atom stereocenters. The summed E-state index contributed by atoms with van der Waals surface area (Å²) >= 11 is 7.38. The van der Waals surface area contributed by atoms with Gasteiger partial charge in [0.15, 0.2) is 5.82 Å². The van der Waals surface area contributed by atoms with Crippen LogP contribution in [0.2, 0.25) is 5.02 Å². The van der Waals surface area contributed by atoms with Crippen molar-refractivity contribution in [2.75, 3.05) is 11.1 Å². The third kappa shape index (κ3) is 4.58. The van der Waals surface area contributed by atoms with Gasteiger partial charge in [0.25, 0.3) is 0 Å². The third-order valence-electron chi connectivity index (χ3n) is 2.69. The van der Waals surface area contributed by atoms with Crippen LogP contribution in [0.3, 0.4) is 0 Å². The van der Waals surface area contributed by atoms with Gasteiger partial charge >= 0.3 is 0 Å². The van der Waals surface area contributed by atoms with Crippen LogP contribution in [0.4, 0.5) is 5.82 Å². The monoisotopic (exact) mass is 309 g/mol. The van der Waals surface area contributed by atoms with Gasteiger partial charge in [-0.25, -0.2) is 0 Å². The second kappa shape index (κ2) is 7.36. The highest BCUT2D eigenvalue weighted by molar-refractivity contribution is 7.99. The summed E-state index contributed by atoms with van der Waals surface area (Å²) in [6.45, 7) is 2.03. The Bertz CT molecular complexity index is 568. The van der Waals surface area contributed by atoms with Gasteiger partial charge in [-0.2, -0.15) is 5.10 Å². The van der Waals surface area contributed by atoms with Crippen molar-refractivity contribution in [3.05, 3.63) is 46.6 Å². The molecule has 0 fully saturated rings. The van der Waals surface area contributed by atoms with Gasteiger partial charge in [-0.3, -0.25) is 9.89 Å². The molecule has 1 heterocycles. The Hall–Kier alpha value is -1.46. The highest BCUT2D eigenvalue weighted by atomic mass is 35.5. The zero-order chi connectivity index (χ0) is 14.4. The Morgan fingerprint density at radius 1 is 1.40 bits per heavy atom. The van der Waals surface area contributed by atoms with Crippen LogP contribution in [0.1, 0.15) is 18.2 Å². The summed E-state index contributed by atoms with van der Waals surface area (Å²) in [6.07, 6.45) is 0.869. The van der Waals surface area contributed by atoms with Gasteiger partial charge in [-0.15, -0.1) is 11.8 Å². The molecule has 0 spiro atoms. The van der Waals surface area contributed by atoms with E-state index in [9.17, 15) is 4.79 Å². The number of hydrogen-bond donors (Lipinski definition) is 2. The quantitative estimate of drug-likeness (QED) is 0.858. The number of H-pyrrole nitrogens is 1. The van der Waals surface area contributed by atoms with Crippen LogP contribution in [0, 0.1) is 0 Å². The summed E-state index contributed by atoms with van der Waals surface area (Å²) in [6, 6.07) is 9.49. The lowest BCUT2D eigenvalue weighted by Gasteiger charge is -2.02. The molecule has 0 aliphatic carbocycles. The fourth-order valence-electron chi connectivity index (χ4n) is 1.63. The summed E-state index contributed by atoms with van der Waals surface area (Å²) in [7, 11) is 0. The minimum absolute atomic E-state index is 0.0434. The number of aromatic nitrogens is 2. The number of thioether (sulfide) groups is 1. The lowest BCUT2D eigenvalue weighted by atomic mass is 10.2. The fourth-order valence-corrected chi connectivity index (χ4v) is 2.54. The molecule has 2 aromatic rings. The smallest absolute Gasteiger partial charge is 0.235 e. The highest BCUT2D eigenvalue weighted by Crippen LogP contribution is 2.15. The second-order valence-electron chi connectivity index (χ2n) is 4.30. The van der Waals surface area contributed by atoms with E-state index in [2.05, 4.69) is 15.5 Å². The topological polar surface area (TPSA) is 57.8 Å². The molecule has 0 unspecified atom stereocenters. The number of rotatable bonds is 6. The Balaban J connectivity index is 1.73. The average molecular weight is 310 g/mol. The molecule has 106 valence electrons. The van der Waals surface area contributed by atoms with E-state index >= 15 is 0 Å². The highest BCUT2D eigenvalue weighted by Gasteiger charge is 2.05. The van der Waals surface area contributed by atoms with Crippen LogP contribution in [0.5, 0.6) is 0 Å². The average Bonchev–Trinajstić information content (AvgIpc) is 2.88. The Morgan fingerprint density at radius 3 is 2.80 bits per heavy atom. The molecule has 2 N–H and O–H groups in total. The fraction of sp³-hybridized carbons (Fsp3) is 0.286. The molecule has 6 heteroatoms. The van der Waals surface area contributed by atoms with Crippen LogP contribution in [0.15, 0.2) is 30.3 Å². The number of nitrogens with one attached hydrogen (secondary N) is 2. The first-order valence-corrected chi connectivity index (χ1v) is 7.87. The maximum Gasteiger partial charge on any atom is 0.235 e. The maximum absolute atomic E-state index is 11.7. The standard InChI is InChI=1S/C14H16ClN3OS/c1-2-12-7-13(18-17-12)16-14(19)9-20-8-10-3-5-11(15)6-4-10/h3-7H,2,8-9H2,1H3,(H2,16,17,18,19). The maximum atomic E-state index is 11.7. The van der Waals surface area contributed by atoms with E-state index < -0.39 is 0 Å². The molecule has 4 nitrogen and oxygen atoms in total. The molecule has 2 rings (SSSR count). The van der Waals surface area contributed by atoms with Crippen molar-refractivity contribution in [3.63, 3.8) is 0 Å². The van der Waals surface area contributed by atoms with E-state index in [-0.39, 0.29) is 5.91 Å². The predicted molar refractivity (Wildman–Crippen MR) is 84.2 cm³/mol. The SMILES string of the molecule is CCc1cc(NC(=O)CSCc2ccc(Cl)cc2)n[nH]1. The van der Waals surface area contributed by atoms with Gasteiger partial charge in [0.05, 0.1) is 5.75 Å². The third-order valence-corrected chi connectivity index (χ3v) is 3.95. The first kappa shape index (κ1) is 14.9. The van der Waals surface area contributed by atoms with Crippen LogP contribution in [-0.4, -0.2) is 21.9 Å². The van der Waals surface area contributed by atoms with Crippen LogP contribution in [0.25, 0.3) is 0 Å². The number of carbonyl (C=O) groups is 1. The number of halogens is 1. The molecule has 1 aromatic heterocycles. The number of nitrogens with zero attached hydrogens (tertiary/aromatic N) is 1. The van der Waals surface area contributed by atoms with E-state index in [1.54, 1.807) is 11.8 Å². The number of amides is 1. The van der Waals surface area contributed by atoms with Gasteiger partial charge in [-0.05, 0) is 24.1 Å². The van der Waals surface area contributed by atoms with E-state index in [1.165, 1.54) is 0 Å². The molecule has 1 aromatic carbocycles. The van der Waals surface area contributed by atoms with Gasteiger partial charge in [0.2, 0.25) is 5.91 Å². The minimum atomic E-state index is -0.0434. The zero-order valence-corrected chi connectivity index (χ0v) is 12.7. The van der Waals surface area contributed by atoms with Gasteiger partial charge in [0.1, 0.15) is 0 Å².